The van der Waals surface area contributed by atoms with Crippen LogP contribution in [0.2, 0.25) is 0 Å². The molecule has 1 aliphatic carbocycles. The number of nitrogen functional groups attached to an aromatic ring is 1. The highest BCUT2D eigenvalue weighted by molar-refractivity contribution is 5.32. The number of anilines is 1. The molecule has 4 nitrogen and oxygen atoms in total. The Hall–Kier alpha value is -1.03. The molecule has 0 aromatic carbocycles. The van der Waals surface area contributed by atoms with Crippen molar-refractivity contribution >= 4 is 5.82 Å². The molecule has 1 aromatic rings. The topological polar surface area (TPSA) is 64.1 Å². The molecule has 1 aromatic heterocycles. The molecule has 0 atom stereocenters. The third-order valence-corrected chi connectivity index (χ3v) is 3.42. The number of rotatable bonds is 3. The van der Waals surface area contributed by atoms with E-state index in [0.717, 1.165) is 5.69 Å². The second-order valence-corrected chi connectivity index (χ2v) is 4.63. The number of hydrogen-bond donors (Lipinski definition) is 2. The second-order valence-electron chi connectivity index (χ2n) is 4.63. The second kappa shape index (κ2) is 5.34. The Balaban J connectivity index is 2.09. The fourth-order valence-corrected chi connectivity index (χ4v) is 2.50. The first-order valence-corrected chi connectivity index (χ1v) is 6.25. The highest BCUT2D eigenvalue weighted by Crippen LogP contribution is 2.31. The minimum atomic E-state index is 0.0932. The van der Waals surface area contributed by atoms with Gasteiger partial charge < -0.3 is 10.8 Å². The summed E-state index contributed by atoms with van der Waals surface area (Å²) in [7, 11) is 0. The van der Waals surface area contributed by atoms with Gasteiger partial charge in [-0.05, 0) is 12.8 Å². The van der Waals surface area contributed by atoms with Crippen molar-refractivity contribution in [3.63, 3.8) is 0 Å². The predicted molar refractivity (Wildman–Crippen MR) is 64.2 cm³/mol. The highest BCUT2D eigenvalue weighted by atomic mass is 16.3. The molecule has 90 valence electrons. The van der Waals surface area contributed by atoms with Gasteiger partial charge in [0, 0.05) is 12.0 Å². The molecule has 0 bridgehead atoms. The van der Waals surface area contributed by atoms with Crippen LogP contribution in [0.1, 0.15) is 50.1 Å². The monoisotopic (exact) mass is 223 g/mol. The first kappa shape index (κ1) is 11.5. The summed E-state index contributed by atoms with van der Waals surface area (Å²) in [6.07, 6.45) is 7.77. The molecule has 0 spiro atoms. The Bertz CT molecular complexity index is 327. The van der Waals surface area contributed by atoms with Crippen molar-refractivity contribution in [1.29, 1.82) is 0 Å². The van der Waals surface area contributed by atoms with Crippen LogP contribution in [-0.4, -0.2) is 21.5 Å². The number of nitrogens with zero attached hydrogens (tertiary/aromatic N) is 2. The zero-order valence-corrected chi connectivity index (χ0v) is 9.73. The third kappa shape index (κ3) is 2.55. The molecule has 0 unspecified atom stereocenters. The van der Waals surface area contributed by atoms with E-state index in [4.69, 9.17) is 10.8 Å². The Labute approximate surface area is 96.5 Å². The average molecular weight is 223 g/mol. The predicted octanol–water partition coefficient (Wildman–Crippen LogP) is 1.90. The van der Waals surface area contributed by atoms with Crippen molar-refractivity contribution in [2.24, 2.45) is 0 Å². The maximum Gasteiger partial charge on any atom is 0.122 e. The zero-order chi connectivity index (χ0) is 11.4. The molecule has 0 aliphatic heterocycles. The minimum absolute atomic E-state index is 0.0932. The minimum Gasteiger partial charge on any atom is -0.394 e. The van der Waals surface area contributed by atoms with Crippen LogP contribution < -0.4 is 5.73 Å². The summed E-state index contributed by atoms with van der Waals surface area (Å²) in [6.45, 7) is 0.592. The van der Waals surface area contributed by atoms with Crippen molar-refractivity contribution < 1.29 is 5.11 Å². The molecule has 1 aliphatic rings. The lowest BCUT2D eigenvalue weighted by Gasteiger charge is -2.10. The molecule has 0 radical (unpaired) electrons. The smallest absolute Gasteiger partial charge is 0.122 e. The largest absolute Gasteiger partial charge is 0.394 e. The van der Waals surface area contributed by atoms with Crippen LogP contribution in [0.4, 0.5) is 5.82 Å². The number of aliphatic hydroxyl groups is 1. The number of nitrogens with two attached hydrogens (primary N) is 1. The van der Waals surface area contributed by atoms with E-state index in [-0.39, 0.29) is 6.61 Å². The summed E-state index contributed by atoms with van der Waals surface area (Å²) >= 11 is 0. The Morgan fingerprint density at radius 2 is 2.00 bits per heavy atom. The summed E-state index contributed by atoms with van der Waals surface area (Å²) in [6, 6.07) is 1.98. The third-order valence-electron chi connectivity index (χ3n) is 3.42. The first-order valence-electron chi connectivity index (χ1n) is 6.25. The van der Waals surface area contributed by atoms with Crippen LogP contribution in [0.25, 0.3) is 0 Å². The summed E-state index contributed by atoms with van der Waals surface area (Å²) in [4.78, 5) is 0. The number of aromatic nitrogens is 2. The Morgan fingerprint density at radius 3 is 2.62 bits per heavy atom. The molecule has 4 heteroatoms. The number of aliphatic hydroxyl groups excluding tert-OH is 1. The molecule has 3 N–H and O–H groups in total. The lowest BCUT2D eigenvalue weighted by Crippen LogP contribution is -2.08. The van der Waals surface area contributed by atoms with E-state index in [9.17, 15) is 0 Å². The fraction of sp³-hybridized carbons (Fsp3) is 0.750. The van der Waals surface area contributed by atoms with Crippen molar-refractivity contribution in [1.82, 2.24) is 9.78 Å². The van der Waals surface area contributed by atoms with Crippen molar-refractivity contribution in [3.8, 4) is 0 Å². The van der Waals surface area contributed by atoms with Crippen LogP contribution in [-0.2, 0) is 6.54 Å². The van der Waals surface area contributed by atoms with E-state index in [0.29, 0.717) is 18.3 Å². The van der Waals surface area contributed by atoms with Crippen molar-refractivity contribution in [3.05, 3.63) is 11.8 Å². The Morgan fingerprint density at radius 1 is 1.31 bits per heavy atom. The van der Waals surface area contributed by atoms with E-state index in [1.54, 1.807) is 4.68 Å². The molecule has 0 saturated heterocycles. The van der Waals surface area contributed by atoms with Gasteiger partial charge in [0.25, 0.3) is 0 Å². The molecule has 2 rings (SSSR count). The molecule has 1 heterocycles. The van der Waals surface area contributed by atoms with E-state index >= 15 is 0 Å². The van der Waals surface area contributed by atoms with Gasteiger partial charge in [-0.1, -0.05) is 25.7 Å². The van der Waals surface area contributed by atoms with E-state index in [1.807, 2.05) is 6.07 Å². The summed E-state index contributed by atoms with van der Waals surface area (Å²) in [5.74, 6) is 1.25. The van der Waals surface area contributed by atoms with Gasteiger partial charge in [-0.15, -0.1) is 0 Å². The fourth-order valence-electron chi connectivity index (χ4n) is 2.50. The van der Waals surface area contributed by atoms with Crippen LogP contribution in [0, 0.1) is 0 Å². The lowest BCUT2D eigenvalue weighted by atomic mass is 9.97. The summed E-state index contributed by atoms with van der Waals surface area (Å²) < 4.78 is 1.71. The quantitative estimate of drug-likeness (QED) is 0.769. The molecule has 0 amide bonds. The van der Waals surface area contributed by atoms with Gasteiger partial charge in [-0.2, -0.15) is 5.10 Å². The van der Waals surface area contributed by atoms with Crippen LogP contribution in [0.5, 0.6) is 0 Å². The lowest BCUT2D eigenvalue weighted by molar-refractivity contribution is 0.270. The van der Waals surface area contributed by atoms with E-state index in [2.05, 4.69) is 5.10 Å². The average Bonchev–Trinajstić information content (AvgIpc) is 2.54. The summed E-state index contributed by atoms with van der Waals surface area (Å²) in [5.41, 5.74) is 6.98. The zero-order valence-electron chi connectivity index (χ0n) is 9.73. The van der Waals surface area contributed by atoms with Gasteiger partial charge in [0.2, 0.25) is 0 Å². The van der Waals surface area contributed by atoms with Gasteiger partial charge in [0.05, 0.1) is 18.8 Å². The number of hydrogen-bond acceptors (Lipinski definition) is 3. The standard InChI is InChI=1S/C12H21N3O/c13-12-9-11(14-15(12)7-8-16)10-5-3-1-2-4-6-10/h9-10,16H,1-8,13H2. The van der Waals surface area contributed by atoms with Crippen LogP contribution >= 0.6 is 0 Å². The summed E-state index contributed by atoms with van der Waals surface area (Å²) in [5, 5.41) is 13.4. The molecule has 1 saturated carbocycles. The normalized spacial score (nSPS) is 18.6. The molecular weight excluding hydrogens is 202 g/mol. The van der Waals surface area contributed by atoms with Crippen molar-refractivity contribution in [2.75, 3.05) is 12.3 Å². The molecule has 16 heavy (non-hydrogen) atoms. The maximum absolute atomic E-state index is 8.89. The van der Waals surface area contributed by atoms with Gasteiger partial charge in [0.1, 0.15) is 5.82 Å². The van der Waals surface area contributed by atoms with Crippen LogP contribution in [0.15, 0.2) is 6.07 Å². The van der Waals surface area contributed by atoms with Crippen LogP contribution in [0.3, 0.4) is 0 Å². The van der Waals surface area contributed by atoms with Crippen molar-refractivity contribution in [2.45, 2.75) is 51.0 Å². The van der Waals surface area contributed by atoms with Gasteiger partial charge in [0.15, 0.2) is 0 Å². The van der Waals surface area contributed by atoms with Gasteiger partial charge in [-0.3, -0.25) is 0 Å². The van der Waals surface area contributed by atoms with E-state index in [1.165, 1.54) is 38.5 Å². The molecule has 1 fully saturated rings. The highest BCUT2D eigenvalue weighted by Gasteiger charge is 2.18. The SMILES string of the molecule is Nc1cc(C2CCCCCC2)nn1CCO. The maximum atomic E-state index is 8.89. The van der Waals surface area contributed by atoms with Gasteiger partial charge in [-0.25, -0.2) is 4.68 Å². The molecular formula is C12H21N3O. The first-order chi connectivity index (χ1) is 7.81. The van der Waals surface area contributed by atoms with E-state index < -0.39 is 0 Å². The van der Waals surface area contributed by atoms with Gasteiger partial charge >= 0.3 is 0 Å². The Kier molecular flexibility index (Phi) is 3.83.